The number of para-hydroxylation sites is 1. The number of aromatic nitrogens is 4. The maximum atomic E-state index is 5.40. The lowest BCUT2D eigenvalue weighted by atomic mass is 10.1. The molecule has 0 saturated heterocycles. The molecule has 0 radical (unpaired) electrons. The SMILES string of the molecule is COc1ccccc1[C@H](C)Nc1ncnc2c(C)[nH]nc12. The number of hydrogen-bond acceptors (Lipinski definition) is 5. The molecule has 108 valence electrons. The van der Waals surface area contributed by atoms with E-state index in [-0.39, 0.29) is 6.04 Å². The van der Waals surface area contributed by atoms with Crippen molar-refractivity contribution in [2.75, 3.05) is 12.4 Å². The number of anilines is 1. The zero-order valence-electron chi connectivity index (χ0n) is 12.2. The molecule has 2 heterocycles. The van der Waals surface area contributed by atoms with Crippen LogP contribution in [0.1, 0.15) is 24.2 Å². The monoisotopic (exact) mass is 283 g/mol. The van der Waals surface area contributed by atoms with Gasteiger partial charge in [-0.2, -0.15) is 5.10 Å². The Kier molecular flexibility index (Phi) is 3.43. The average Bonchev–Trinajstić information content (AvgIpc) is 2.90. The summed E-state index contributed by atoms with van der Waals surface area (Å²) in [6.07, 6.45) is 1.54. The van der Waals surface area contributed by atoms with Crippen LogP contribution in [0.3, 0.4) is 0 Å². The van der Waals surface area contributed by atoms with E-state index in [2.05, 4.69) is 32.4 Å². The summed E-state index contributed by atoms with van der Waals surface area (Å²) in [5.41, 5.74) is 3.58. The molecule has 6 heteroatoms. The van der Waals surface area contributed by atoms with E-state index >= 15 is 0 Å². The first kappa shape index (κ1) is 13.4. The van der Waals surface area contributed by atoms with E-state index in [9.17, 15) is 0 Å². The minimum Gasteiger partial charge on any atom is -0.496 e. The van der Waals surface area contributed by atoms with Gasteiger partial charge in [-0.3, -0.25) is 5.10 Å². The van der Waals surface area contributed by atoms with E-state index in [0.29, 0.717) is 5.82 Å². The predicted molar refractivity (Wildman–Crippen MR) is 81.5 cm³/mol. The minimum absolute atomic E-state index is 0.0382. The van der Waals surface area contributed by atoms with Gasteiger partial charge in [0.15, 0.2) is 11.3 Å². The van der Waals surface area contributed by atoms with Crippen molar-refractivity contribution in [1.29, 1.82) is 0 Å². The van der Waals surface area contributed by atoms with Gasteiger partial charge >= 0.3 is 0 Å². The van der Waals surface area contributed by atoms with E-state index in [1.165, 1.54) is 0 Å². The summed E-state index contributed by atoms with van der Waals surface area (Å²) in [6.45, 7) is 4.00. The molecule has 1 atom stereocenters. The van der Waals surface area contributed by atoms with E-state index in [1.807, 2.05) is 31.2 Å². The van der Waals surface area contributed by atoms with E-state index in [1.54, 1.807) is 13.4 Å². The quantitative estimate of drug-likeness (QED) is 0.770. The van der Waals surface area contributed by atoms with Gasteiger partial charge in [0.1, 0.15) is 17.6 Å². The number of ether oxygens (including phenoxy) is 1. The highest BCUT2D eigenvalue weighted by Crippen LogP contribution is 2.28. The lowest BCUT2D eigenvalue weighted by Crippen LogP contribution is -2.10. The third-order valence-corrected chi connectivity index (χ3v) is 3.47. The van der Waals surface area contributed by atoms with Gasteiger partial charge in [-0.25, -0.2) is 9.97 Å². The van der Waals surface area contributed by atoms with Crippen LogP contribution in [0.4, 0.5) is 5.82 Å². The number of rotatable bonds is 4. The number of aryl methyl sites for hydroxylation is 1. The first-order valence-electron chi connectivity index (χ1n) is 6.76. The van der Waals surface area contributed by atoms with Gasteiger partial charge in [0.25, 0.3) is 0 Å². The number of H-pyrrole nitrogens is 1. The normalized spacial score (nSPS) is 12.3. The van der Waals surface area contributed by atoms with Crippen molar-refractivity contribution >= 4 is 16.9 Å². The fourth-order valence-corrected chi connectivity index (χ4v) is 2.36. The van der Waals surface area contributed by atoms with Crippen molar-refractivity contribution in [3.63, 3.8) is 0 Å². The van der Waals surface area contributed by atoms with Crippen LogP contribution in [-0.4, -0.2) is 27.3 Å². The molecule has 1 aromatic carbocycles. The van der Waals surface area contributed by atoms with Crippen molar-refractivity contribution < 1.29 is 4.74 Å². The molecule has 0 aliphatic rings. The molecule has 0 amide bonds. The van der Waals surface area contributed by atoms with Crippen LogP contribution >= 0.6 is 0 Å². The van der Waals surface area contributed by atoms with E-state index in [0.717, 1.165) is 28.0 Å². The van der Waals surface area contributed by atoms with Crippen molar-refractivity contribution in [3.05, 3.63) is 41.9 Å². The second-order valence-corrected chi connectivity index (χ2v) is 4.88. The zero-order chi connectivity index (χ0) is 14.8. The first-order valence-corrected chi connectivity index (χ1v) is 6.76. The van der Waals surface area contributed by atoms with Gasteiger partial charge in [-0.1, -0.05) is 18.2 Å². The Bertz CT molecular complexity index is 768. The maximum Gasteiger partial charge on any atom is 0.158 e. The zero-order valence-corrected chi connectivity index (χ0v) is 12.2. The Balaban J connectivity index is 1.95. The van der Waals surface area contributed by atoms with Gasteiger partial charge in [-0.15, -0.1) is 0 Å². The second kappa shape index (κ2) is 5.40. The Labute approximate surface area is 122 Å². The Morgan fingerprint density at radius 3 is 2.81 bits per heavy atom. The Morgan fingerprint density at radius 1 is 1.19 bits per heavy atom. The molecule has 21 heavy (non-hydrogen) atoms. The lowest BCUT2D eigenvalue weighted by Gasteiger charge is -2.17. The van der Waals surface area contributed by atoms with Crippen LogP contribution in [-0.2, 0) is 0 Å². The van der Waals surface area contributed by atoms with Gasteiger partial charge in [-0.05, 0) is 19.9 Å². The standard InChI is InChI=1S/C15H17N5O/c1-9(11-6-4-5-7-12(11)21-3)18-15-14-13(16-8-17-15)10(2)19-20-14/h4-9H,1-3H3,(H,19,20)(H,16,17,18)/t9-/m0/s1. The lowest BCUT2D eigenvalue weighted by molar-refractivity contribution is 0.408. The Hall–Kier alpha value is -2.63. The summed E-state index contributed by atoms with van der Waals surface area (Å²) in [6, 6.07) is 7.96. The summed E-state index contributed by atoms with van der Waals surface area (Å²) in [5.74, 6) is 1.56. The third-order valence-electron chi connectivity index (χ3n) is 3.47. The van der Waals surface area contributed by atoms with Crippen molar-refractivity contribution in [2.24, 2.45) is 0 Å². The molecular formula is C15H17N5O. The molecule has 0 aliphatic heterocycles. The fourth-order valence-electron chi connectivity index (χ4n) is 2.36. The van der Waals surface area contributed by atoms with Crippen LogP contribution in [0.15, 0.2) is 30.6 Å². The fraction of sp³-hybridized carbons (Fsp3) is 0.267. The average molecular weight is 283 g/mol. The summed E-state index contributed by atoms with van der Waals surface area (Å²) in [7, 11) is 1.67. The highest BCUT2D eigenvalue weighted by molar-refractivity contribution is 5.86. The molecule has 2 aromatic heterocycles. The number of nitrogens with one attached hydrogen (secondary N) is 2. The molecule has 0 aliphatic carbocycles. The smallest absolute Gasteiger partial charge is 0.158 e. The number of aromatic amines is 1. The van der Waals surface area contributed by atoms with Crippen LogP contribution in [0.25, 0.3) is 11.0 Å². The molecule has 0 fully saturated rings. The number of hydrogen-bond donors (Lipinski definition) is 2. The largest absolute Gasteiger partial charge is 0.496 e. The van der Waals surface area contributed by atoms with Gasteiger partial charge in [0.05, 0.1) is 18.8 Å². The topological polar surface area (TPSA) is 75.7 Å². The van der Waals surface area contributed by atoms with E-state index in [4.69, 9.17) is 4.74 Å². The molecule has 2 N–H and O–H groups in total. The summed E-state index contributed by atoms with van der Waals surface area (Å²) in [4.78, 5) is 8.54. The highest BCUT2D eigenvalue weighted by Gasteiger charge is 2.15. The van der Waals surface area contributed by atoms with Crippen LogP contribution < -0.4 is 10.1 Å². The van der Waals surface area contributed by atoms with Crippen molar-refractivity contribution in [1.82, 2.24) is 20.2 Å². The molecule has 3 aromatic rings. The highest BCUT2D eigenvalue weighted by atomic mass is 16.5. The number of benzene rings is 1. The number of nitrogens with zero attached hydrogens (tertiary/aromatic N) is 3. The molecule has 0 unspecified atom stereocenters. The Morgan fingerprint density at radius 2 is 2.00 bits per heavy atom. The van der Waals surface area contributed by atoms with Gasteiger partial charge in [0, 0.05) is 5.56 Å². The molecule has 6 nitrogen and oxygen atoms in total. The summed E-state index contributed by atoms with van der Waals surface area (Å²) >= 11 is 0. The van der Waals surface area contributed by atoms with Gasteiger partial charge < -0.3 is 10.1 Å². The molecule has 0 saturated carbocycles. The van der Waals surface area contributed by atoms with Crippen molar-refractivity contribution in [3.8, 4) is 5.75 Å². The predicted octanol–water partition coefficient (Wildman–Crippen LogP) is 2.84. The van der Waals surface area contributed by atoms with Crippen LogP contribution in [0.5, 0.6) is 5.75 Å². The minimum atomic E-state index is 0.0382. The third kappa shape index (κ3) is 2.40. The number of fused-ring (bicyclic) bond motifs is 1. The van der Waals surface area contributed by atoms with Crippen molar-refractivity contribution in [2.45, 2.75) is 19.9 Å². The second-order valence-electron chi connectivity index (χ2n) is 4.88. The molecule has 0 spiro atoms. The molecule has 0 bridgehead atoms. The first-order chi connectivity index (χ1) is 10.2. The number of methoxy groups -OCH3 is 1. The maximum absolute atomic E-state index is 5.40. The molecule has 3 rings (SSSR count). The van der Waals surface area contributed by atoms with Crippen LogP contribution in [0.2, 0.25) is 0 Å². The van der Waals surface area contributed by atoms with Crippen LogP contribution in [0, 0.1) is 6.92 Å². The molecular weight excluding hydrogens is 266 g/mol. The van der Waals surface area contributed by atoms with E-state index < -0.39 is 0 Å². The van der Waals surface area contributed by atoms with Gasteiger partial charge in [0.2, 0.25) is 0 Å². The summed E-state index contributed by atoms with van der Waals surface area (Å²) in [5, 5.41) is 10.6. The summed E-state index contributed by atoms with van der Waals surface area (Å²) < 4.78 is 5.40.